The summed E-state index contributed by atoms with van der Waals surface area (Å²) in [6.07, 6.45) is 2.79. The minimum atomic E-state index is 0.159. The van der Waals surface area contributed by atoms with Gasteiger partial charge in [0, 0.05) is 44.8 Å². The quantitative estimate of drug-likeness (QED) is 0.861. The Morgan fingerprint density at radius 3 is 2.77 bits per heavy atom. The van der Waals surface area contributed by atoms with E-state index in [9.17, 15) is 0 Å². The zero-order valence-electron chi connectivity index (χ0n) is 13.5. The smallest absolute Gasteiger partial charge is 0.150 e. The van der Waals surface area contributed by atoms with E-state index in [4.69, 9.17) is 9.26 Å². The standard InChI is InChI=1S/C16H22N4O2/c1-10-5-14(22-19-10)6-13-8-20(9-15(13)21-4)16-12(3)17-7-11(2)18-16/h5,7,13,15H,6,8-9H2,1-4H3/t13-,15+/m1/s1. The van der Waals surface area contributed by atoms with E-state index in [1.807, 2.05) is 26.8 Å². The fourth-order valence-electron chi connectivity index (χ4n) is 3.07. The van der Waals surface area contributed by atoms with Gasteiger partial charge in [0.15, 0.2) is 0 Å². The molecule has 0 spiro atoms. The maximum atomic E-state index is 5.67. The summed E-state index contributed by atoms with van der Waals surface area (Å²) in [5.74, 6) is 2.23. The summed E-state index contributed by atoms with van der Waals surface area (Å²) in [6, 6.07) is 1.99. The average Bonchev–Trinajstić information content (AvgIpc) is 3.08. The van der Waals surface area contributed by atoms with Gasteiger partial charge in [-0.05, 0) is 20.8 Å². The molecular formula is C16H22N4O2. The maximum Gasteiger partial charge on any atom is 0.150 e. The van der Waals surface area contributed by atoms with Crippen molar-refractivity contribution in [2.24, 2.45) is 5.92 Å². The van der Waals surface area contributed by atoms with Crippen LogP contribution in [0, 0.1) is 26.7 Å². The molecule has 3 heterocycles. The van der Waals surface area contributed by atoms with E-state index in [0.29, 0.717) is 5.92 Å². The number of rotatable bonds is 4. The Kier molecular flexibility index (Phi) is 4.11. The second kappa shape index (κ2) is 6.04. The molecule has 1 aliphatic rings. The number of ether oxygens (including phenoxy) is 1. The Hall–Kier alpha value is -1.95. The molecule has 6 heteroatoms. The van der Waals surface area contributed by atoms with Crippen LogP contribution >= 0.6 is 0 Å². The van der Waals surface area contributed by atoms with Crippen molar-refractivity contribution >= 4 is 5.82 Å². The molecule has 2 atom stereocenters. The van der Waals surface area contributed by atoms with Crippen LogP contribution in [0.1, 0.15) is 22.8 Å². The van der Waals surface area contributed by atoms with Gasteiger partial charge in [-0.2, -0.15) is 0 Å². The molecule has 6 nitrogen and oxygen atoms in total. The van der Waals surface area contributed by atoms with Crippen molar-refractivity contribution < 1.29 is 9.26 Å². The molecule has 2 aromatic rings. The minimum Gasteiger partial charge on any atom is -0.379 e. The predicted molar refractivity (Wildman–Crippen MR) is 83.0 cm³/mol. The number of hydrogen-bond donors (Lipinski definition) is 0. The van der Waals surface area contributed by atoms with Crippen molar-refractivity contribution in [3.05, 3.63) is 35.1 Å². The van der Waals surface area contributed by atoms with Crippen molar-refractivity contribution in [1.82, 2.24) is 15.1 Å². The molecular weight excluding hydrogens is 280 g/mol. The van der Waals surface area contributed by atoms with Gasteiger partial charge in [0.2, 0.25) is 0 Å². The third kappa shape index (κ3) is 2.97. The third-order valence-electron chi connectivity index (χ3n) is 4.17. The summed E-state index contributed by atoms with van der Waals surface area (Å²) >= 11 is 0. The van der Waals surface area contributed by atoms with Crippen molar-refractivity contribution in [3.63, 3.8) is 0 Å². The summed E-state index contributed by atoms with van der Waals surface area (Å²) in [6.45, 7) is 7.61. The molecule has 1 saturated heterocycles. The lowest BCUT2D eigenvalue weighted by Gasteiger charge is -2.19. The Morgan fingerprint density at radius 2 is 2.09 bits per heavy atom. The number of methoxy groups -OCH3 is 1. The second-order valence-corrected chi connectivity index (χ2v) is 6.00. The molecule has 0 N–H and O–H groups in total. The van der Waals surface area contributed by atoms with Crippen molar-refractivity contribution in [3.8, 4) is 0 Å². The minimum absolute atomic E-state index is 0.159. The zero-order chi connectivity index (χ0) is 15.7. The lowest BCUT2D eigenvalue weighted by Crippen LogP contribution is -2.24. The van der Waals surface area contributed by atoms with Gasteiger partial charge in [-0.1, -0.05) is 5.16 Å². The molecule has 3 rings (SSSR count). The topological polar surface area (TPSA) is 64.3 Å². The van der Waals surface area contributed by atoms with Crippen LogP contribution in [0.5, 0.6) is 0 Å². The van der Waals surface area contributed by atoms with E-state index in [1.165, 1.54) is 0 Å². The maximum absolute atomic E-state index is 5.67. The van der Waals surface area contributed by atoms with E-state index >= 15 is 0 Å². The van der Waals surface area contributed by atoms with Crippen LogP contribution in [0.25, 0.3) is 0 Å². The highest BCUT2D eigenvalue weighted by molar-refractivity contribution is 5.45. The average molecular weight is 302 g/mol. The van der Waals surface area contributed by atoms with Crippen LogP contribution in [0.15, 0.2) is 16.8 Å². The monoisotopic (exact) mass is 302 g/mol. The van der Waals surface area contributed by atoms with E-state index in [-0.39, 0.29) is 6.10 Å². The van der Waals surface area contributed by atoms with Gasteiger partial charge < -0.3 is 14.2 Å². The summed E-state index contributed by atoms with van der Waals surface area (Å²) in [5, 5.41) is 3.96. The van der Waals surface area contributed by atoms with E-state index in [1.54, 1.807) is 13.3 Å². The van der Waals surface area contributed by atoms with E-state index in [0.717, 1.165) is 48.2 Å². The first-order valence-corrected chi connectivity index (χ1v) is 7.57. The molecule has 1 fully saturated rings. The molecule has 0 bridgehead atoms. The van der Waals surface area contributed by atoms with E-state index in [2.05, 4.69) is 20.0 Å². The Labute approximate surface area is 130 Å². The summed E-state index contributed by atoms with van der Waals surface area (Å²) in [5.41, 5.74) is 2.81. The molecule has 118 valence electrons. The molecule has 0 amide bonds. The van der Waals surface area contributed by atoms with Crippen LogP contribution < -0.4 is 4.90 Å². The SMILES string of the molecule is CO[C@H]1CN(c2nc(C)cnc2C)C[C@H]1Cc1cc(C)no1. The Morgan fingerprint density at radius 1 is 1.27 bits per heavy atom. The van der Waals surface area contributed by atoms with Gasteiger partial charge in [0.05, 0.1) is 23.2 Å². The molecule has 0 saturated carbocycles. The van der Waals surface area contributed by atoms with E-state index < -0.39 is 0 Å². The normalized spacial score (nSPS) is 21.5. The van der Waals surface area contributed by atoms with Crippen molar-refractivity contribution in [1.29, 1.82) is 0 Å². The summed E-state index contributed by atoms with van der Waals surface area (Å²) in [7, 11) is 1.77. The van der Waals surface area contributed by atoms with Gasteiger partial charge in [-0.15, -0.1) is 0 Å². The first-order valence-electron chi connectivity index (χ1n) is 7.57. The lowest BCUT2D eigenvalue weighted by molar-refractivity contribution is 0.0812. The molecule has 0 aliphatic carbocycles. The number of hydrogen-bond acceptors (Lipinski definition) is 6. The number of aryl methyl sites for hydroxylation is 3. The molecule has 22 heavy (non-hydrogen) atoms. The fraction of sp³-hybridized carbons (Fsp3) is 0.562. The van der Waals surface area contributed by atoms with Gasteiger partial charge in [-0.3, -0.25) is 4.98 Å². The van der Waals surface area contributed by atoms with Crippen LogP contribution in [0.3, 0.4) is 0 Å². The van der Waals surface area contributed by atoms with Crippen LogP contribution in [-0.2, 0) is 11.2 Å². The highest BCUT2D eigenvalue weighted by Gasteiger charge is 2.35. The number of anilines is 1. The molecule has 0 aromatic carbocycles. The highest BCUT2D eigenvalue weighted by Crippen LogP contribution is 2.28. The second-order valence-electron chi connectivity index (χ2n) is 6.00. The first-order chi connectivity index (χ1) is 10.6. The predicted octanol–water partition coefficient (Wildman–Crippen LogP) is 2.08. The molecule has 0 radical (unpaired) electrons. The fourth-order valence-corrected chi connectivity index (χ4v) is 3.07. The van der Waals surface area contributed by atoms with Crippen molar-refractivity contribution in [2.75, 3.05) is 25.1 Å². The summed E-state index contributed by atoms with van der Waals surface area (Å²) < 4.78 is 11.0. The van der Waals surface area contributed by atoms with Gasteiger partial charge in [-0.25, -0.2) is 4.98 Å². The van der Waals surface area contributed by atoms with Crippen LogP contribution in [-0.4, -0.2) is 41.4 Å². The largest absolute Gasteiger partial charge is 0.379 e. The lowest BCUT2D eigenvalue weighted by atomic mass is 10.0. The van der Waals surface area contributed by atoms with Gasteiger partial charge in [0.25, 0.3) is 0 Å². The highest BCUT2D eigenvalue weighted by atomic mass is 16.5. The van der Waals surface area contributed by atoms with Crippen molar-refractivity contribution in [2.45, 2.75) is 33.3 Å². The molecule has 0 unspecified atom stereocenters. The zero-order valence-corrected chi connectivity index (χ0v) is 13.5. The molecule has 2 aromatic heterocycles. The number of nitrogens with zero attached hydrogens (tertiary/aromatic N) is 4. The Balaban J connectivity index is 1.78. The first kappa shape index (κ1) is 15.0. The molecule has 1 aliphatic heterocycles. The van der Waals surface area contributed by atoms with Crippen LogP contribution in [0.4, 0.5) is 5.82 Å². The van der Waals surface area contributed by atoms with Gasteiger partial charge in [0.1, 0.15) is 11.6 Å². The third-order valence-corrected chi connectivity index (χ3v) is 4.17. The van der Waals surface area contributed by atoms with Gasteiger partial charge >= 0.3 is 0 Å². The summed E-state index contributed by atoms with van der Waals surface area (Å²) in [4.78, 5) is 11.3. The number of aromatic nitrogens is 3. The Bertz CT molecular complexity index is 655. The van der Waals surface area contributed by atoms with Crippen LogP contribution in [0.2, 0.25) is 0 Å².